The molecule has 3 aromatic carbocycles. The number of anilines is 1. The fourth-order valence-electron chi connectivity index (χ4n) is 3.40. The van der Waals surface area contributed by atoms with Gasteiger partial charge in [-0.05, 0) is 61.9 Å². The van der Waals surface area contributed by atoms with Gasteiger partial charge in [0.15, 0.2) is 17.1 Å². The zero-order valence-corrected chi connectivity index (χ0v) is 19.7. The highest BCUT2D eigenvalue weighted by Crippen LogP contribution is 2.31. The molecule has 0 aliphatic rings. The Bertz CT molecular complexity index is 1220. The van der Waals surface area contributed by atoms with Crippen LogP contribution in [0.2, 0.25) is 0 Å². The Hall–Kier alpha value is -3.65. The van der Waals surface area contributed by atoms with Crippen LogP contribution in [0.4, 0.5) is 10.1 Å². The third-order valence-electron chi connectivity index (χ3n) is 5.12. The highest BCUT2D eigenvalue weighted by Gasteiger charge is 2.26. The highest BCUT2D eigenvalue weighted by atomic mass is 32.2. The van der Waals surface area contributed by atoms with E-state index in [2.05, 4.69) is 15.5 Å². The SMILES string of the molecule is CCC(Sc1nnc(C(C)Oc2ccc(F)cc2)n1-c1ccccc1)C(=O)Nc1ccccc1. The highest BCUT2D eigenvalue weighted by molar-refractivity contribution is 8.00. The monoisotopic (exact) mass is 476 g/mol. The first-order valence-corrected chi connectivity index (χ1v) is 11.9. The van der Waals surface area contributed by atoms with Gasteiger partial charge in [-0.3, -0.25) is 9.36 Å². The molecule has 8 heteroatoms. The molecule has 0 spiro atoms. The van der Waals surface area contributed by atoms with Gasteiger partial charge in [-0.1, -0.05) is 55.1 Å². The molecule has 0 saturated heterocycles. The summed E-state index contributed by atoms with van der Waals surface area (Å²) < 4.78 is 21.2. The van der Waals surface area contributed by atoms with E-state index in [9.17, 15) is 9.18 Å². The van der Waals surface area contributed by atoms with Crippen LogP contribution in [0.1, 0.15) is 32.2 Å². The van der Waals surface area contributed by atoms with Gasteiger partial charge >= 0.3 is 0 Å². The molecule has 0 bridgehead atoms. The van der Waals surface area contributed by atoms with Crippen LogP contribution in [-0.4, -0.2) is 25.9 Å². The lowest BCUT2D eigenvalue weighted by Crippen LogP contribution is -2.25. The molecule has 34 heavy (non-hydrogen) atoms. The summed E-state index contributed by atoms with van der Waals surface area (Å²) in [6.07, 6.45) is 0.146. The molecule has 0 aliphatic carbocycles. The lowest BCUT2D eigenvalue weighted by atomic mass is 10.3. The van der Waals surface area contributed by atoms with E-state index >= 15 is 0 Å². The van der Waals surface area contributed by atoms with Gasteiger partial charge in [0.05, 0.1) is 5.25 Å². The van der Waals surface area contributed by atoms with Crippen molar-refractivity contribution in [2.45, 2.75) is 36.8 Å². The van der Waals surface area contributed by atoms with E-state index in [4.69, 9.17) is 4.74 Å². The Morgan fingerprint density at radius 1 is 1.00 bits per heavy atom. The fraction of sp³-hybridized carbons (Fsp3) is 0.192. The van der Waals surface area contributed by atoms with Crippen molar-refractivity contribution in [1.82, 2.24) is 14.8 Å². The number of carbonyl (C=O) groups is 1. The second-order valence-corrected chi connectivity index (χ2v) is 8.77. The first-order valence-electron chi connectivity index (χ1n) is 11.0. The average Bonchev–Trinajstić information content (AvgIpc) is 3.29. The number of halogens is 1. The second-order valence-electron chi connectivity index (χ2n) is 7.60. The van der Waals surface area contributed by atoms with Gasteiger partial charge in [0.25, 0.3) is 0 Å². The van der Waals surface area contributed by atoms with E-state index in [1.165, 1.54) is 23.9 Å². The van der Waals surface area contributed by atoms with Crippen molar-refractivity contribution in [1.29, 1.82) is 0 Å². The minimum Gasteiger partial charge on any atom is -0.483 e. The van der Waals surface area contributed by atoms with Crippen LogP contribution in [0.15, 0.2) is 90.1 Å². The van der Waals surface area contributed by atoms with Gasteiger partial charge in [0.2, 0.25) is 5.91 Å². The largest absolute Gasteiger partial charge is 0.483 e. The summed E-state index contributed by atoms with van der Waals surface area (Å²) in [6.45, 7) is 3.83. The lowest BCUT2D eigenvalue weighted by Gasteiger charge is -2.18. The molecule has 4 rings (SSSR count). The van der Waals surface area contributed by atoms with Gasteiger partial charge in [-0.15, -0.1) is 10.2 Å². The molecule has 2 atom stereocenters. The van der Waals surface area contributed by atoms with Crippen molar-refractivity contribution in [3.63, 3.8) is 0 Å². The summed E-state index contributed by atoms with van der Waals surface area (Å²) in [5.41, 5.74) is 1.61. The quantitative estimate of drug-likeness (QED) is 0.298. The van der Waals surface area contributed by atoms with Gasteiger partial charge in [-0.2, -0.15) is 0 Å². The van der Waals surface area contributed by atoms with Crippen LogP contribution in [-0.2, 0) is 4.79 Å². The Kier molecular flexibility index (Phi) is 7.59. The molecule has 1 N–H and O–H groups in total. The number of nitrogens with one attached hydrogen (secondary N) is 1. The minimum absolute atomic E-state index is 0.0986. The van der Waals surface area contributed by atoms with Crippen molar-refractivity contribution < 1.29 is 13.9 Å². The number of ether oxygens (including phenoxy) is 1. The number of hydrogen-bond donors (Lipinski definition) is 1. The molecular weight excluding hydrogens is 451 g/mol. The molecule has 0 saturated carbocycles. The minimum atomic E-state index is -0.467. The van der Waals surface area contributed by atoms with Crippen molar-refractivity contribution in [2.75, 3.05) is 5.32 Å². The van der Waals surface area contributed by atoms with Crippen LogP contribution in [0.5, 0.6) is 5.75 Å². The van der Waals surface area contributed by atoms with Crippen molar-refractivity contribution in [3.8, 4) is 11.4 Å². The lowest BCUT2D eigenvalue weighted by molar-refractivity contribution is -0.115. The van der Waals surface area contributed by atoms with Crippen molar-refractivity contribution >= 4 is 23.4 Å². The van der Waals surface area contributed by atoms with Crippen LogP contribution >= 0.6 is 11.8 Å². The summed E-state index contributed by atoms with van der Waals surface area (Å²) in [5, 5.41) is 12.0. The van der Waals surface area contributed by atoms with E-state index in [-0.39, 0.29) is 17.0 Å². The standard InChI is InChI=1S/C26H25FN4O2S/c1-3-23(25(32)28-20-10-6-4-7-11-20)34-26-30-29-24(31(26)21-12-8-5-9-13-21)18(2)33-22-16-14-19(27)15-17-22/h4-18,23H,3H2,1-2H3,(H,28,32). The maximum atomic E-state index is 13.3. The number of rotatable bonds is 9. The Labute approximate surface area is 202 Å². The molecule has 0 radical (unpaired) electrons. The second kappa shape index (κ2) is 11.0. The number of nitrogens with zero attached hydrogens (tertiary/aromatic N) is 3. The number of amides is 1. The number of aromatic nitrogens is 3. The van der Waals surface area contributed by atoms with Gasteiger partial charge in [-0.25, -0.2) is 4.39 Å². The predicted octanol–water partition coefficient (Wildman–Crippen LogP) is 6.06. The Morgan fingerprint density at radius 2 is 1.65 bits per heavy atom. The summed E-state index contributed by atoms with van der Waals surface area (Å²) in [4.78, 5) is 13.0. The Morgan fingerprint density at radius 3 is 2.29 bits per heavy atom. The average molecular weight is 477 g/mol. The first-order chi connectivity index (χ1) is 16.5. The van der Waals surface area contributed by atoms with Gasteiger partial charge < -0.3 is 10.1 Å². The fourth-order valence-corrected chi connectivity index (χ4v) is 4.38. The maximum Gasteiger partial charge on any atom is 0.237 e. The first kappa shape index (κ1) is 23.5. The van der Waals surface area contributed by atoms with Crippen LogP contribution in [0.3, 0.4) is 0 Å². The summed E-state index contributed by atoms with van der Waals surface area (Å²) in [5.74, 6) is 0.680. The van der Waals surface area contributed by atoms with E-state index in [1.54, 1.807) is 12.1 Å². The number of benzene rings is 3. The van der Waals surface area contributed by atoms with E-state index < -0.39 is 6.10 Å². The molecule has 0 fully saturated rings. The van der Waals surface area contributed by atoms with E-state index in [1.807, 2.05) is 79.1 Å². The third-order valence-corrected chi connectivity index (χ3v) is 6.42. The summed E-state index contributed by atoms with van der Waals surface area (Å²) in [6, 6.07) is 24.9. The topological polar surface area (TPSA) is 69.0 Å². The Balaban J connectivity index is 1.61. The maximum absolute atomic E-state index is 13.3. The zero-order valence-electron chi connectivity index (χ0n) is 18.9. The predicted molar refractivity (Wildman–Crippen MR) is 132 cm³/mol. The zero-order chi connectivity index (χ0) is 23.9. The van der Waals surface area contributed by atoms with Crippen LogP contribution in [0, 0.1) is 5.82 Å². The molecule has 6 nitrogen and oxygen atoms in total. The summed E-state index contributed by atoms with van der Waals surface area (Å²) >= 11 is 1.36. The molecular formula is C26H25FN4O2S. The third kappa shape index (κ3) is 5.63. The number of hydrogen-bond acceptors (Lipinski definition) is 5. The summed E-state index contributed by atoms with van der Waals surface area (Å²) in [7, 11) is 0. The van der Waals surface area contributed by atoms with Crippen LogP contribution < -0.4 is 10.1 Å². The molecule has 1 aromatic heterocycles. The number of carbonyl (C=O) groups excluding carboxylic acids is 1. The molecule has 1 amide bonds. The van der Waals surface area contributed by atoms with Gasteiger partial charge in [0, 0.05) is 11.4 Å². The molecule has 2 unspecified atom stereocenters. The smallest absolute Gasteiger partial charge is 0.237 e. The molecule has 0 aliphatic heterocycles. The van der Waals surface area contributed by atoms with Gasteiger partial charge in [0.1, 0.15) is 11.6 Å². The normalized spacial score (nSPS) is 12.7. The van der Waals surface area contributed by atoms with Crippen molar-refractivity contribution in [3.05, 3.63) is 96.6 Å². The molecule has 1 heterocycles. The van der Waals surface area contributed by atoms with Crippen LogP contribution in [0.25, 0.3) is 5.69 Å². The van der Waals surface area contributed by atoms with Crippen molar-refractivity contribution in [2.24, 2.45) is 0 Å². The molecule has 4 aromatic rings. The van der Waals surface area contributed by atoms with E-state index in [0.717, 1.165) is 11.4 Å². The number of thioether (sulfide) groups is 1. The molecule has 174 valence electrons. The van der Waals surface area contributed by atoms with E-state index in [0.29, 0.717) is 23.2 Å². The number of para-hydroxylation sites is 2.